The van der Waals surface area contributed by atoms with Crippen LogP contribution in [0.15, 0.2) is 42.6 Å². The van der Waals surface area contributed by atoms with Crippen molar-refractivity contribution in [1.29, 1.82) is 5.41 Å². The average molecular weight is 217 g/mol. The fourth-order valence-corrected chi connectivity index (χ4v) is 1.68. The Morgan fingerprint density at radius 1 is 1.13 bits per heavy atom. The van der Waals surface area contributed by atoms with Gasteiger partial charge in [-0.2, -0.15) is 0 Å². The fraction of sp³-hybridized carbons (Fsp3) is 0. The first-order chi connectivity index (χ1) is 7.33. The summed E-state index contributed by atoms with van der Waals surface area (Å²) in [7, 11) is 0. The summed E-state index contributed by atoms with van der Waals surface area (Å²) in [6.07, 6.45) is 2.82. The average Bonchev–Trinajstić information content (AvgIpc) is 2.30. The van der Waals surface area contributed by atoms with E-state index in [2.05, 4.69) is 4.98 Å². The molecule has 0 amide bonds. The molecular formula is C12H9ClN2. The molecule has 2 nitrogen and oxygen atoms in total. The van der Waals surface area contributed by atoms with E-state index in [1.54, 1.807) is 6.20 Å². The van der Waals surface area contributed by atoms with Gasteiger partial charge in [0.15, 0.2) is 0 Å². The molecule has 1 N–H and O–H groups in total. The highest BCUT2D eigenvalue weighted by Crippen LogP contribution is 2.28. The first kappa shape index (κ1) is 9.87. The van der Waals surface area contributed by atoms with Gasteiger partial charge in [-0.25, -0.2) is 0 Å². The number of rotatable bonds is 2. The van der Waals surface area contributed by atoms with Gasteiger partial charge in [-0.15, -0.1) is 0 Å². The number of nitrogens with one attached hydrogen (secondary N) is 1. The minimum atomic E-state index is 0.498. The quantitative estimate of drug-likeness (QED) is 0.768. The standard InChI is InChI=1S/C12H9ClN2/c13-12-10(6-7-15-11(12)8-14)9-4-2-1-3-5-9/h1-8,14H. The van der Waals surface area contributed by atoms with Crippen LogP contribution in [-0.4, -0.2) is 11.2 Å². The maximum Gasteiger partial charge on any atom is 0.0997 e. The second-order valence-electron chi connectivity index (χ2n) is 3.07. The summed E-state index contributed by atoms with van der Waals surface area (Å²) in [4.78, 5) is 4.01. The summed E-state index contributed by atoms with van der Waals surface area (Å²) >= 11 is 6.13. The number of hydrogen-bond acceptors (Lipinski definition) is 2. The minimum Gasteiger partial charge on any atom is -0.306 e. The van der Waals surface area contributed by atoms with Crippen molar-refractivity contribution in [3.05, 3.63) is 53.3 Å². The monoisotopic (exact) mass is 216 g/mol. The summed E-state index contributed by atoms with van der Waals surface area (Å²) in [5.41, 5.74) is 2.44. The SMILES string of the molecule is N=Cc1nccc(-c2ccccc2)c1Cl. The van der Waals surface area contributed by atoms with Crippen LogP contribution in [0.1, 0.15) is 5.69 Å². The van der Waals surface area contributed by atoms with Gasteiger partial charge in [0.1, 0.15) is 0 Å². The van der Waals surface area contributed by atoms with Crippen LogP contribution < -0.4 is 0 Å². The molecule has 0 aliphatic heterocycles. The molecule has 3 heteroatoms. The molecule has 1 heterocycles. The molecule has 2 rings (SSSR count). The van der Waals surface area contributed by atoms with E-state index in [1.807, 2.05) is 36.4 Å². The molecule has 1 aromatic heterocycles. The minimum absolute atomic E-state index is 0.498. The number of benzene rings is 1. The Morgan fingerprint density at radius 3 is 2.53 bits per heavy atom. The topological polar surface area (TPSA) is 36.7 Å². The molecule has 0 atom stereocenters. The van der Waals surface area contributed by atoms with Crippen LogP contribution in [0.4, 0.5) is 0 Å². The molecule has 2 aromatic rings. The van der Waals surface area contributed by atoms with Gasteiger partial charge in [0.25, 0.3) is 0 Å². The van der Waals surface area contributed by atoms with Crippen molar-refractivity contribution in [3.63, 3.8) is 0 Å². The summed E-state index contributed by atoms with van der Waals surface area (Å²) in [6.45, 7) is 0. The molecule has 0 spiro atoms. The van der Waals surface area contributed by atoms with Crippen LogP contribution in [-0.2, 0) is 0 Å². The van der Waals surface area contributed by atoms with E-state index in [0.717, 1.165) is 17.3 Å². The molecule has 15 heavy (non-hydrogen) atoms. The Hall–Kier alpha value is -1.67. The number of nitrogens with zero attached hydrogens (tertiary/aromatic N) is 1. The third kappa shape index (κ3) is 1.90. The Kier molecular flexibility index (Phi) is 2.79. The lowest BCUT2D eigenvalue weighted by molar-refractivity contribution is 1.29. The highest BCUT2D eigenvalue weighted by atomic mass is 35.5. The molecule has 0 saturated heterocycles. The zero-order valence-electron chi connectivity index (χ0n) is 7.94. The van der Waals surface area contributed by atoms with E-state index in [0.29, 0.717) is 10.7 Å². The lowest BCUT2D eigenvalue weighted by Gasteiger charge is -2.05. The van der Waals surface area contributed by atoms with Gasteiger partial charge in [0.05, 0.1) is 10.7 Å². The Labute approximate surface area is 93.1 Å². The van der Waals surface area contributed by atoms with E-state index in [-0.39, 0.29) is 0 Å². The van der Waals surface area contributed by atoms with E-state index in [4.69, 9.17) is 17.0 Å². The molecule has 0 radical (unpaired) electrons. The van der Waals surface area contributed by atoms with Crippen molar-refractivity contribution >= 4 is 17.8 Å². The molecule has 0 fully saturated rings. The van der Waals surface area contributed by atoms with Crippen molar-refractivity contribution in [1.82, 2.24) is 4.98 Å². The molecular weight excluding hydrogens is 208 g/mol. The highest BCUT2D eigenvalue weighted by molar-refractivity contribution is 6.35. The zero-order valence-corrected chi connectivity index (χ0v) is 8.70. The zero-order chi connectivity index (χ0) is 10.7. The van der Waals surface area contributed by atoms with Gasteiger partial charge in [-0.3, -0.25) is 4.98 Å². The second kappa shape index (κ2) is 4.24. The molecule has 1 aromatic carbocycles. The number of hydrogen-bond donors (Lipinski definition) is 1. The second-order valence-corrected chi connectivity index (χ2v) is 3.45. The largest absolute Gasteiger partial charge is 0.306 e. The Balaban J connectivity index is 2.59. The van der Waals surface area contributed by atoms with Crippen molar-refractivity contribution in [2.75, 3.05) is 0 Å². The lowest BCUT2D eigenvalue weighted by atomic mass is 10.1. The Bertz CT molecular complexity index is 480. The van der Waals surface area contributed by atoms with Crippen molar-refractivity contribution < 1.29 is 0 Å². The van der Waals surface area contributed by atoms with Crippen molar-refractivity contribution in [2.45, 2.75) is 0 Å². The maximum atomic E-state index is 7.17. The molecule has 0 aliphatic carbocycles. The predicted molar refractivity (Wildman–Crippen MR) is 62.6 cm³/mol. The number of pyridine rings is 1. The number of aromatic nitrogens is 1. The van der Waals surface area contributed by atoms with Crippen LogP contribution in [0.3, 0.4) is 0 Å². The van der Waals surface area contributed by atoms with E-state index >= 15 is 0 Å². The molecule has 0 saturated carbocycles. The van der Waals surface area contributed by atoms with E-state index in [1.165, 1.54) is 0 Å². The van der Waals surface area contributed by atoms with Crippen LogP contribution >= 0.6 is 11.6 Å². The van der Waals surface area contributed by atoms with Gasteiger partial charge in [-0.05, 0) is 11.6 Å². The van der Waals surface area contributed by atoms with Gasteiger partial charge >= 0.3 is 0 Å². The predicted octanol–water partition coefficient (Wildman–Crippen LogP) is 3.40. The van der Waals surface area contributed by atoms with Gasteiger partial charge < -0.3 is 5.41 Å². The fourth-order valence-electron chi connectivity index (χ4n) is 1.40. The molecule has 74 valence electrons. The molecule has 0 unspecified atom stereocenters. The third-order valence-electron chi connectivity index (χ3n) is 2.14. The van der Waals surface area contributed by atoms with E-state index in [9.17, 15) is 0 Å². The lowest BCUT2D eigenvalue weighted by Crippen LogP contribution is -1.90. The third-order valence-corrected chi connectivity index (χ3v) is 2.53. The van der Waals surface area contributed by atoms with Crippen molar-refractivity contribution in [3.8, 4) is 11.1 Å². The normalized spacial score (nSPS) is 9.93. The van der Waals surface area contributed by atoms with E-state index < -0.39 is 0 Å². The van der Waals surface area contributed by atoms with Crippen LogP contribution in [0, 0.1) is 5.41 Å². The van der Waals surface area contributed by atoms with Gasteiger partial charge in [0.2, 0.25) is 0 Å². The Morgan fingerprint density at radius 2 is 1.87 bits per heavy atom. The summed E-state index contributed by atoms with van der Waals surface area (Å²) in [5, 5.41) is 7.70. The van der Waals surface area contributed by atoms with Crippen molar-refractivity contribution in [2.24, 2.45) is 0 Å². The van der Waals surface area contributed by atoms with Gasteiger partial charge in [-0.1, -0.05) is 41.9 Å². The smallest absolute Gasteiger partial charge is 0.0997 e. The maximum absolute atomic E-state index is 7.17. The number of halogens is 1. The summed E-state index contributed by atoms with van der Waals surface area (Å²) in [6, 6.07) is 11.7. The first-order valence-corrected chi connectivity index (χ1v) is 4.91. The first-order valence-electron chi connectivity index (χ1n) is 4.53. The van der Waals surface area contributed by atoms with Gasteiger partial charge in [0, 0.05) is 18.0 Å². The molecule has 0 bridgehead atoms. The highest BCUT2D eigenvalue weighted by Gasteiger charge is 2.06. The van der Waals surface area contributed by atoms with Crippen LogP contribution in [0.2, 0.25) is 5.02 Å². The van der Waals surface area contributed by atoms with Crippen LogP contribution in [0.5, 0.6) is 0 Å². The molecule has 0 aliphatic rings. The van der Waals surface area contributed by atoms with Crippen LogP contribution in [0.25, 0.3) is 11.1 Å². The summed E-state index contributed by atoms with van der Waals surface area (Å²) < 4.78 is 0. The summed E-state index contributed by atoms with van der Waals surface area (Å²) in [5.74, 6) is 0.